The van der Waals surface area contributed by atoms with E-state index in [1.807, 2.05) is 54.2 Å². The topological polar surface area (TPSA) is 44.1 Å². The molecule has 10 aromatic rings. The van der Waals surface area contributed by atoms with Crippen molar-refractivity contribution in [1.29, 1.82) is 5.41 Å². The monoisotopic (exact) mass is 786 g/mol. The first-order chi connectivity index (χ1) is 29.7. The number of anilines is 3. The van der Waals surface area contributed by atoms with Crippen molar-refractivity contribution >= 4 is 72.8 Å². The Morgan fingerprint density at radius 3 is 1.95 bits per heavy atom. The van der Waals surface area contributed by atoms with Gasteiger partial charge in [-0.3, -0.25) is 10.1 Å². The average Bonchev–Trinajstić information content (AvgIpc) is 3.65. The molecular formula is C55H38N4S. The van der Waals surface area contributed by atoms with Crippen molar-refractivity contribution in [3.05, 3.63) is 230 Å². The van der Waals surface area contributed by atoms with E-state index in [1.54, 1.807) is 0 Å². The van der Waals surface area contributed by atoms with Crippen molar-refractivity contribution in [3.63, 3.8) is 0 Å². The molecule has 5 heteroatoms. The molecule has 11 rings (SSSR count). The fourth-order valence-corrected chi connectivity index (χ4v) is 9.62. The summed E-state index contributed by atoms with van der Waals surface area (Å²) in [6.45, 7) is 0. The SMILES string of the molecule is N=C(/C=C(\Nn1c2cccc(-c3ccc4c(c3)N(c3ccccc3)c3ccccc3S4)c2c2c3ccccc3ccc21)c1ccc(-c2ccccc2)cc1)c1ccccc1. The standard InChI is InChI=1S/C55H38N4S/c56-46(40-18-6-2-7-19-40)36-47(41-29-27-38(28-30-41)37-15-4-1-5-16-37)57-59-49-25-14-23-45(55(49)54-44-22-11-10-17-39(44)31-33-50(54)59)42-32-34-53-51(35-42)58(43-20-8-3-9-21-43)48-24-12-13-26-52(48)60-53/h1-36,56-57H/b47-36-,56-46?. The van der Waals surface area contributed by atoms with Crippen LogP contribution >= 0.6 is 11.8 Å². The van der Waals surface area contributed by atoms with E-state index in [0.717, 1.165) is 55.9 Å². The molecule has 0 atom stereocenters. The molecule has 0 saturated heterocycles. The lowest BCUT2D eigenvalue weighted by Crippen LogP contribution is -2.15. The summed E-state index contributed by atoms with van der Waals surface area (Å²) in [4.78, 5) is 4.85. The smallest absolute Gasteiger partial charge is 0.0716 e. The molecule has 0 unspecified atom stereocenters. The van der Waals surface area contributed by atoms with Gasteiger partial charge in [-0.15, -0.1) is 0 Å². The maximum absolute atomic E-state index is 9.26. The molecule has 0 fully saturated rings. The van der Waals surface area contributed by atoms with E-state index in [-0.39, 0.29) is 0 Å². The molecular weight excluding hydrogens is 749 g/mol. The molecule has 2 heterocycles. The second kappa shape index (κ2) is 15.0. The first-order valence-corrected chi connectivity index (χ1v) is 21.0. The summed E-state index contributed by atoms with van der Waals surface area (Å²) in [7, 11) is 0. The third kappa shape index (κ3) is 6.24. The predicted molar refractivity (Wildman–Crippen MR) is 254 cm³/mol. The normalized spacial score (nSPS) is 12.4. The molecule has 1 aromatic heterocycles. The Labute approximate surface area is 353 Å². The van der Waals surface area contributed by atoms with Crippen LogP contribution in [0.25, 0.3) is 60.5 Å². The Morgan fingerprint density at radius 2 is 1.13 bits per heavy atom. The highest BCUT2D eigenvalue weighted by atomic mass is 32.2. The highest BCUT2D eigenvalue weighted by Gasteiger charge is 2.26. The molecule has 60 heavy (non-hydrogen) atoms. The zero-order chi connectivity index (χ0) is 40.0. The molecule has 0 spiro atoms. The van der Waals surface area contributed by atoms with E-state index in [2.05, 4.69) is 191 Å². The van der Waals surface area contributed by atoms with Crippen molar-refractivity contribution in [2.75, 3.05) is 10.3 Å². The maximum atomic E-state index is 9.26. The fourth-order valence-electron chi connectivity index (χ4n) is 8.59. The Bertz CT molecular complexity index is 3260. The zero-order valence-corrected chi connectivity index (χ0v) is 33.4. The second-order valence-electron chi connectivity index (χ2n) is 15.0. The van der Waals surface area contributed by atoms with E-state index in [9.17, 15) is 5.41 Å². The van der Waals surface area contributed by atoms with Crippen molar-refractivity contribution in [1.82, 2.24) is 4.68 Å². The molecule has 284 valence electrons. The second-order valence-corrected chi connectivity index (χ2v) is 16.1. The first-order valence-electron chi connectivity index (χ1n) is 20.2. The van der Waals surface area contributed by atoms with Gasteiger partial charge in [0.15, 0.2) is 0 Å². The van der Waals surface area contributed by atoms with Gasteiger partial charge in [-0.25, -0.2) is 0 Å². The lowest BCUT2D eigenvalue weighted by molar-refractivity contribution is 1.06. The molecule has 0 saturated carbocycles. The minimum atomic E-state index is 0.425. The van der Waals surface area contributed by atoms with Crippen LogP contribution in [0, 0.1) is 5.41 Å². The van der Waals surface area contributed by atoms with Gasteiger partial charge in [0.2, 0.25) is 0 Å². The third-order valence-electron chi connectivity index (χ3n) is 11.4. The van der Waals surface area contributed by atoms with Crippen LogP contribution in [-0.4, -0.2) is 10.4 Å². The van der Waals surface area contributed by atoms with Gasteiger partial charge in [-0.05, 0) is 98.8 Å². The number of aromatic nitrogens is 1. The highest BCUT2D eigenvalue weighted by molar-refractivity contribution is 7.99. The van der Waals surface area contributed by atoms with Gasteiger partial charge in [-0.1, -0.05) is 176 Å². The molecule has 1 aliphatic heterocycles. The molecule has 0 amide bonds. The van der Waals surface area contributed by atoms with E-state index in [0.29, 0.717) is 5.71 Å². The molecule has 4 nitrogen and oxygen atoms in total. The first kappa shape index (κ1) is 35.6. The summed E-state index contributed by atoms with van der Waals surface area (Å²) in [5.41, 5.74) is 17.1. The predicted octanol–water partition coefficient (Wildman–Crippen LogP) is 14.9. The summed E-state index contributed by atoms with van der Waals surface area (Å²) in [6.07, 6.45) is 1.95. The third-order valence-corrected chi connectivity index (χ3v) is 12.6. The summed E-state index contributed by atoms with van der Waals surface area (Å²) in [6, 6.07) is 75.0. The number of nitrogens with zero attached hydrogens (tertiary/aromatic N) is 2. The summed E-state index contributed by atoms with van der Waals surface area (Å²) >= 11 is 1.82. The number of para-hydroxylation sites is 2. The van der Waals surface area contributed by atoms with Crippen LogP contribution in [0.2, 0.25) is 0 Å². The number of nitrogens with one attached hydrogen (secondary N) is 2. The van der Waals surface area contributed by atoms with Crippen molar-refractivity contribution in [3.8, 4) is 22.3 Å². The molecule has 0 radical (unpaired) electrons. The lowest BCUT2D eigenvalue weighted by Gasteiger charge is -2.33. The van der Waals surface area contributed by atoms with Crippen LogP contribution in [0.5, 0.6) is 0 Å². The van der Waals surface area contributed by atoms with Crippen LogP contribution < -0.4 is 10.3 Å². The van der Waals surface area contributed by atoms with Crippen molar-refractivity contribution < 1.29 is 0 Å². The number of rotatable bonds is 8. The van der Waals surface area contributed by atoms with Gasteiger partial charge >= 0.3 is 0 Å². The van der Waals surface area contributed by atoms with Gasteiger partial charge in [-0.2, -0.15) is 0 Å². The Kier molecular flexibility index (Phi) is 8.87. The Balaban J connectivity index is 1.11. The van der Waals surface area contributed by atoms with E-state index in [1.165, 1.54) is 42.6 Å². The van der Waals surface area contributed by atoms with Crippen LogP contribution in [0.1, 0.15) is 11.1 Å². The minimum Gasteiger partial charge on any atom is -0.308 e. The van der Waals surface area contributed by atoms with Gasteiger partial charge in [0.05, 0.1) is 33.8 Å². The van der Waals surface area contributed by atoms with E-state index >= 15 is 0 Å². The number of hydrogen-bond donors (Lipinski definition) is 2. The Morgan fingerprint density at radius 1 is 0.483 bits per heavy atom. The van der Waals surface area contributed by atoms with Crippen LogP contribution in [0.3, 0.4) is 0 Å². The maximum Gasteiger partial charge on any atom is 0.0716 e. The number of benzene rings is 9. The van der Waals surface area contributed by atoms with Crippen LogP contribution in [0.15, 0.2) is 228 Å². The number of fused-ring (bicyclic) bond motifs is 7. The van der Waals surface area contributed by atoms with E-state index in [4.69, 9.17) is 0 Å². The molecule has 0 bridgehead atoms. The van der Waals surface area contributed by atoms with Crippen molar-refractivity contribution in [2.24, 2.45) is 0 Å². The number of hydrogen-bond acceptors (Lipinski definition) is 4. The fraction of sp³-hybridized carbons (Fsp3) is 0. The van der Waals surface area contributed by atoms with Crippen LogP contribution in [-0.2, 0) is 0 Å². The van der Waals surface area contributed by atoms with Gasteiger partial charge in [0.25, 0.3) is 0 Å². The minimum absolute atomic E-state index is 0.425. The number of allylic oxidation sites excluding steroid dienone is 1. The van der Waals surface area contributed by atoms with E-state index < -0.39 is 0 Å². The Hall–Kier alpha value is -7.60. The molecule has 0 aliphatic carbocycles. The zero-order valence-electron chi connectivity index (χ0n) is 32.6. The summed E-state index contributed by atoms with van der Waals surface area (Å²) in [5, 5.41) is 14.0. The lowest BCUT2D eigenvalue weighted by atomic mass is 9.96. The molecule has 2 N–H and O–H groups in total. The average molecular weight is 787 g/mol. The summed E-state index contributed by atoms with van der Waals surface area (Å²) < 4.78 is 2.22. The van der Waals surface area contributed by atoms with Gasteiger partial charge < -0.3 is 10.3 Å². The highest BCUT2D eigenvalue weighted by Crippen LogP contribution is 2.53. The van der Waals surface area contributed by atoms with Gasteiger partial charge in [0.1, 0.15) is 0 Å². The molecule has 1 aliphatic rings. The van der Waals surface area contributed by atoms with Crippen molar-refractivity contribution in [2.45, 2.75) is 9.79 Å². The van der Waals surface area contributed by atoms with Gasteiger partial charge in [0, 0.05) is 26.3 Å². The quantitative estimate of drug-likeness (QED) is 0.151. The largest absolute Gasteiger partial charge is 0.308 e. The molecule has 9 aromatic carbocycles. The summed E-state index contributed by atoms with van der Waals surface area (Å²) in [5.74, 6) is 0. The van der Waals surface area contributed by atoms with Crippen LogP contribution in [0.4, 0.5) is 17.1 Å².